The number of nitrogens with zero attached hydrogens (tertiary/aromatic N) is 1. The highest BCUT2D eigenvalue weighted by Gasteiger charge is 2.11. The average molecular weight is 267 g/mol. The molecule has 0 saturated heterocycles. The first-order valence-corrected chi connectivity index (χ1v) is 5.30. The first-order chi connectivity index (χ1) is 7.04. The minimum atomic E-state index is -0.476. The molecule has 0 aliphatic rings. The van der Waals surface area contributed by atoms with Crippen LogP contribution in [-0.4, -0.2) is 11.9 Å². The van der Waals surface area contributed by atoms with Crippen LogP contribution in [0.2, 0.25) is 0 Å². The molecule has 0 saturated carbocycles. The molecule has 78 valence electrons. The third-order valence-corrected chi connectivity index (χ3v) is 2.48. The second-order valence-electron chi connectivity index (χ2n) is 3.28. The molecule has 0 spiro atoms. The molecule has 0 aliphatic heterocycles. The van der Waals surface area contributed by atoms with Gasteiger partial charge in [-0.2, -0.15) is 5.26 Å². The van der Waals surface area contributed by atoms with Gasteiger partial charge in [-0.05, 0) is 31.5 Å². The van der Waals surface area contributed by atoms with Gasteiger partial charge in [0.2, 0.25) is 0 Å². The fourth-order valence-corrected chi connectivity index (χ4v) is 1.51. The van der Waals surface area contributed by atoms with E-state index in [1.54, 1.807) is 13.0 Å². The topological polar surface area (TPSA) is 52.9 Å². The van der Waals surface area contributed by atoms with E-state index in [1.807, 2.05) is 25.1 Å². The van der Waals surface area contributed by atoms with Gasteiger partial charge in [-0.15, -0.1) is 0 Å². The molecule has 1 N–H and O–H groups in total. The summed E-state index contributed by atoms with van der Waals surface area (Å²) < 4.78 is 0.850. The van der Waals surface area contributed by atoms with Crippen LogP contribution in [-0.2, 0) is 0 Å². The number of benzene rings is 1. The Morgan fingerprint density at radius 3 is 2.87 bits per heavy atom. The summed E-state index contributed by atoms with van der Waals surface area (Å²) >= 11 is 3.30. The molecular weight excluding hydrogens is 256 g/mol. The number of nitriles is 1. The maximum Gasteiger partial charge on any atom is 0.252 e. The molecule has 4 heteroatoms. The van der Waals surface area contributed by atoms with Gasteiger partial charge in [0.25, 0.3) is 5.91 Å². The summed E-state index contributed by atoms with van der Waals surface area (Å²) in [5.74, 6) is -0.220. The fourth-order valence-electron chi connectivity index (χ4n) is 1.15. The number of hydrogen-bond acceptors (Lipinski definition) is 2. The lowest BCUT2D eigenvalue weighted by Crippen LogP contribution is -2.31. The molecule has 1 aromatic rings. The lowest BCUT2D eigenvalue weighted by Gasteiger charge is -2.08. The zero-order valence-corrected chi connectivity index (χ0v) is 10.1. The van der Waals surface area contributed by atoms with E-state index in [2.05, 4.69) is 21.2 Å². The monoisotopic (exact) mass is 266 g/mol. The highest BCUT2D eigenvalue weighted by Crippen LogP contribution is 2.15. The zero-order valence-electron chi connectivity index (χ0n) is 8.54. The molecule has 1 amide bonds. The van der Waals surface area contributed by atoms with Crippen LogP contribution < -0.4 is 5.32 Å². The summed E-state index contributed by atoms with van der Waals surface area (Å²) in [7, 11) is 0. The van der Waals surface area contributed by atoms with Gasteiger partial charge in [-0.25, -0.2) is 0 Å². The minimum absolute atomic E-state index is 0.220. The first kappa shape index (κ1) is 11.7. The quantitative estimate of drug-likeness (QED) is 0.894. The highest BCUT2D eigenvalue weighted by atomic mass is 79.9. The van der Waals surface area contributed by atoms with Crippen LogP contribution >= 0.6 is 15.9 Å². The lowest BCUT2D eigenvalue weighted by atomic mass is 10.1. The summed E-state index contributed by atoms with van der Waals surface area (Å²) in [6.45, 7) is 3.50. The minimum Gasteiger partial charge on any atom is -0.337 e. The summed E-state index contributed by atoms with van der Waals surface area (Å²) in [6.07, 6.45) is 0. The fraction of sp³-hybridized carbons (Fsp3) is 0.273. The Labute approximate surface area is 97.2 Å². The molecule has 0 aromatic heterocycles. The van der Waals surface area contributed by atoms with Crippen molar-refractivity contribution in [3.63, 3.8) is 0 Å². The Bertz CT molecular complexity index is 423. The molecule has 1 atom stereocenters. The number of halogens is 1. The van der Waals surface area contributed by atoms with E-state index in [0.717, 1.165) is 10.0 Å². The van der Waals surface area contributed by atoms with Gasteiger partial charge >= 0.3 is 0 Å². The van der Waals surface area contributed by atoms with Crippen LogP contribution in [0.25, 0.3) is 0 Å². The second-order valence-corrected chi connectivity index (χ2v) is 4.20. The molecule has 0 bridgehead atoms. The van der Waals surface area contributed by atoms with Gasteiger partial charge in [0.1, 0.15) is 6.04 Å². The van der Waals surface area contributed by atoms with Crippen LogP contribution in [0, 0.1) is 18.3 Å². The lowest BCUT2D eigenvalue weighted by molar-refractivity contribution is 0.0947. The van der Waals surface area contributed by atoms with Crippen molar-refractivity contribution in [3.8, 4) is 6.07 Å². The van der Waals surface area contributed by atoms with Crippen molar-refractivity contribution >= 4 is 21.8 Å². The Hall–Kier alpha value is -1.34. The van der Waals surface area contributed by atoms with Gasteiger partial charge < -0.3 is 5.32 Å². The first-order valence-electron chi connectivity index (χ1n) is 4.51. The van der Waals surface area contributed by atoms with E-state index < -0.39 is 6.04 Å². The van der Waals surface area contributed by atoms with Crippen molar-refractivity contribution in [2.45, 2.75) is 19.9 Å². The van der Waals surface area contributed by atoms with Crippen LogP contribution in [0.15, 0.2) is 22.7 Å². The van der Waals surface area contributed by atoms with Crippen LogP contribution in [0.4, 0.5) is 0 Å². The molecule has 15 heavy (non-hydrogen) atoms. The Morgan fingerprint density at radius 1 is 1.60 bits per heavy atom. The smallest absolute Gasteiger partial charge is 0.252 e. The summed E-state index contributed by atoms with van der Waals surface area (Å²) in [5, 5.41) is 11.2. The zero-order chi connectivity index (χ0) is 11.4. The third kappa shape index (κ3) is 3.07. The number of nitrogens with one attached hydrogen (secondary N) is 1. The van der Waals surface area contributed by atoms with Crippen molar-refractivity contribution in [1.82, 2.24) is 5.32 Å². The van der Waals surface area contributed by atoms with Crippen molar-refractivity contribution in [3.05, 3.63) is 33.8 Å². The SMILES string of the molecule is Cc1ccc(Br)cc1C(=O)NC(C)C#N. The van der Waals surface area contributed by atoms with E-state index in [0.29, 0.717) is 5.56 Å². The Kier molecular flexibility index (Phi) is 3.87. The molecule has 3 nitrogen and oxygen atoms in total. The van der Waals surface area contributed by atoms with Crippen LogP contribution in [0.5, 0.6) is 0 Å². The van der Waals surface area contributed by atoms with Crippen molar-refractivity contribution in [2.24, 2.45) is 0 Å². The molecular formula is C11H11BrN2O. The highest BCUT2D eigenvalue weighted by molar-refractivity contribution is 9.10. The Morgan fingerprint density at radius 2 is 2.27 bits per heavy atom. The normalized spacial score (nSPS) is 11.6. The van der Waals surface area contributed by atoms with Crippen molar-refractivity contribution < 1.29 is 4.79 Å². The Balaban J connectivity index is 2.92. The maximum absolute atomic E-state index is 11.7. The van der Waals surface area contributed by atoms with Crippen LogP contribution in [0.3, 0.4) is 0 Å². The molecule has 0 heterocycles. The molecule has 1 aromatic carbocycles. The maximum atomic E-state index is 11.7. The third-order valence-electron chi connectivity index (χ3n) is 1.99. The second kappa shape index (κ2) is 4.94. The molecule has 0 radical (unpaired) electrons. The van der Waals surface area contributed by atoms with E-state index in [4.69, 9.17) is 5.26 Å². The van der Waals surface area contributed by atoms with E-state index in [1.165, 1.54) is 0 Å². The summed E-state index contributed by atoms with van der Waals surface area (Å²) in [6, 6.07) is 6.96. The van der Waals surface area contributed by atoms with Gasteiger partial charge in [-0.1, -0.05) is 22.0 Å². The number of hydrogen-bond donors (Lipinski definition) is 1. The predicted octanol–water partition coefficient (Wildman–Crippen LogP) is 2.40. The van der Waals surface area contributed by atoms with Crippen molar-refractivity contribution in [2.75, 3.05) is 0 Å². The van der Waals surface area contributed by atoms with E-state index in [-0.39, 0.29) is 5.91 Å². The van der Waals surface area contributed by atoms with E-state index >= 15 is 0 Å². The molecule has 0 aliphatic carbocycles. The summed E-state index contributed by atoms with van der Waals surface area (Å²) in [4.78, 5) is 11.7. The van der Waals surface area contributed by atoms with Crippen LogP contribution in [0.1, 0.15) is 22.8 Å². The number of carbonyl (C=O) groups excluding carboxylic acids is 1. The average Bonchev–Trinajstić information content (AvgIpc) is 2.21. The molecule has 1 rings (SSSR count). The number of carbonyl (C=O) groups is 1. The largest absolute Gasteiger partial charge is 0.337 e. The van der Waals surface area contributed by atoms with Gasteiger partial charge in [0.05, 0.1) is 6.07 Å². The van der Waals surface area contributed by atoms with Crippen molar-refractivity contribution in [1.29, 1.82) is 5.26 Å². The number of amides is 1. The molecule has 1 unspecified atom stereocenters. The van der Waals surface area contributed by atoms with Gasteiger partial charge in [0, 0.05) is 10.0 Å². The standard InChI is InChI=1S/C11H11BrN2O/c1-7-3-4-9(12)5-10(7)11(15)14-8(2)6-13/h3-5,8H,1-2H3,(H,14,15). The number of aryl methyl sites for hydroxylation is 1. The predicted molar refractivity (Wildman–Crippen MR) is 61.4 cm³/mol. The number of rotatable bonds is 2. The summed E-state index contributed by atoms with van der Waals surface area (Å²) in [5.41, 5.74) is 1.48. The molecule has 0 fully saturated rings. The van der Waals surface area contributed by atoms with Gasteiger partial charge in [-0.3, -0.25) is 4.79 Å². The van der Waals surface area contributed by atoms with E-state index in [9.17, 15) is 4.79 Å². The van der Waals surface area contributed by atoms with Gasteiger partial charge in [0.15, 0.2) is 0 Å².